The van der Waals surface area contributed by atoms with Gasteiger partial charge in [-0.25, -0.2) is 0 Å². The van der Waals surface area contributed by atoms with Crippen LogP contribution in [-0.2, 0) is 9.47 Å². The molecule has 1 heterocycles. The Morgan fingerprint density at radius 2 is 2.00 bits per heavy atom. The maximum atomic E-state index is 5.40. The fraction of sp³-hybridized carbons (Fsp3) is 0.333. The van der Waals surface area contributed by atoms with Gasteiger partial charge in [-0.2, -0.15) is 0 Å². The van der Waals surface area contributed by atoms with E-state index >= 15 is 0 Å². The number of ether oxygens (including phenoxy) is 2. The number of hydrogen-bond acceptors (Lipinski definition) is 2. The Labute approximate surface area is 83.8 Å². The molecule has 72 valence electrons. The largest absolute Gasteiger partial charge is 0.375 e. The van der Waals surface area contributed by atoms with E-state index in [0.29, 0.717) is 19.8 Å². The zero-order valence-electron chi connectivity index (χ0n) is 7.90. The summed E-state index contributed by atoms with van der Waals surface area (Å²) in [5.74, 6) is 6.10. The van der Waals surface area contributed by atoms with Crippen LogP contribution in [0.1, 0.15) is 5.56 Å². The van der Waals surface area contributed by atoms with Crippen LogP contribution in [0.25, 0.3) is 0 Å². The van der Waals surface area contributed by atoms with E-state index in [1.54, 1.807) is 0 Å². The summed E-state index contributed by atoms with van der Waals surface area (Å²) in [6.45, 7) is 1.91. The molecular formula is C12H12O2. The van der Waals surface area contributed by atoms with Gasteiger partial charge in [0.25, 0.3) is 0 Å². The van der Waals surface area contributed by atoms with Gasteiger partial charge >= 0.3 is 0 Å². The Morgan fingerprint density at radius 1 is 1.14 bits per heavy atom. The molecule has 0 radical (unpaired) electrons. The summed E-state index contributed by atoms with van der Waals surface area (Å²) in [4.78, 5) is 0. The topological polar surface area (TPSA) is 18.5 Å². The third-order valence-electron chi connectivity index (χ3n) is 1.97. The molecule has 0 amide bonds. The Kier molecular flexibility index (Phi) is 3.18. The van der Waals surface area contributed by atoms with Gasteiger partial charge in [0.2, 0.25) is 0 Å². The predicted octanol–water partition coefficient (Wildman–Crippen LogP) is 1.45. The smallest absolute Gasteiger partial charge is 0.141 e. The Bertz CT molecular complexity index is 328. The molecule has 1 aromatic carbocycles. The van der Waals surface area contributed by atoms with E-state index < -0.39 is 0 Å². The SMILES string of the molecule is C(#C[C@H]1COCCO1)c1ccccc1. The van der Waals surface area contributed by atoms with Crippen LogP contribution in [-0.4, -0.2) is 25.9 Å². The van der Waals surface area contributed by atoms with Crippen LogP contribution in [0.4, 0.5) is 0 Å². The fourth-order valence-electron chi connectivity index (χ4n) is 1.26. The van der Waals surface area contributed by atoms with Gasteiger partial charge in [0.05, 0.1) is 19.8 Å². The van der Waals surface area contributed by atoms with Crippen LogP contribution in [0.3, 0.4) is 0 Å². The van der Waals surface area contributed by atoms with Gasteiger partial charge in [-0.15, -0.1) is 0 Å². The van der Waals surface area contributed by atoms with E-state index in [1.165, 1.54) is 0 Å². The van der Waals surface area contributed by atoms with Crippen molar-refractivity contribution in [2.75, 3.05) is 19.8 Å². The van der Waals surface area contributed by atoms with E-state index in [-0.39, 0.29) is 6.10 Å². The van der Waals surface area contributed by atoms with Crippen molar-refractivity contribution >= 4 is 0 Å². The molecular weight excluding hydrogens is 176 g/mol. The lowest BCUT2D eigenvalue weighted by atomic mass is 10.2. The summed E-state index contributed by atoms with van der Waals surface area (Å²) in [5.41, 5.74) is 1.02. The van der Waals surface area contributed by atoms with Crippen molar-refractivity contribution in [1.29, 1.82) is 0 Å². The first-order chi connectivity index (χ1) is 6.95. The van der Waals surface area contributed by atoms with Gasteiger partial charge in [0, 0.05) is 5.56 Å². The lowest BCUT2D eigenvalue weighted by Gasteiger charge is -2.17. The molecule has 0 saturated carbocycles. The monoisotopic (exact) mass is 188 g/mol. The minimum absolute atomic E-state index is 0.0658. The predicted molar refractivity (Wildman–Crippen MR) is 53.9 cm³/mol. The standard InChI is InChI=1S/C12H12O2/c1-2-4-11(5-3-1)6-7-12-10-13-8-9-14-12/h1-5,12H,8-10H2/t12-/m0/s1. The molecule has 0 unspecified atom stereocenters. The zero-order valence-corrected chi connectivity index (χ0v) is 7.90. The minimum Gasteiger partial charge on any atom is -0.375 e. The molecule has 1 saturated heterocycles. The van der Waals surface area contributed by atoms with Crippen LogP contribution < -0.4 is 0 Å². The van der Waals surface area contributed by atoms with Crippen molar-refractivity contribution < 1.29 is 9.47 Å². The van der Waals surface area contributed by atoms with Crippen molar-refractivity contribution in [2.45, 2.75) is 6.10 Å². The van der Waals surface area contributed by atoms with Gasteiger partial charge in [0.15, 0.2) is 0 Å². The van der Waals surface area contributed by atoms with Crippen molar-refractivity contribution in [3.8, 4) is 11.8 Å². The Hall–Kier alpha value is -1.30. The number of hydrogen-bond donors (Lipinski definition) is 0. The molecule has 1 fully saturated rings. The van der Waals surface area contributed by atoms with Gasteiger partial charge in [-0.3, -0.25) is 0 Å². The quantitative estimate of drug-likeness (QED) is 0.574. The lowest BCUT2D eigenvalue weighted by molar-refractivity contribution is -0.0635. The summed E-state index contributed by atoms with van der Waals surface area (Å²) in [7, 11) is 0. The first kappa shape index (κ1) is 9.26. The van der Waals surface area contributed by atoms with E-state index in [2.05, 4.69) is 11.8 Å². The second-order valence-corrected chi connectivity index (χ2v) is 3.07. The molecule has 2 nitrogen and oxygen atoms in total. The molecule has 0 spiro atoms. The van der Waals surface area contributed by atoms with Crippen molar-refractivity contribution in [3.63, 3.8) is 0 Å². The van der Waals surface area contributed by atoms with Gasteiger partial charge < -0.3 is 9.47 Å². The summed E-state index contributed by atoms with van der Waals surface area (Å²) >= 11 is 0. The second-order valence-electron chi connectivity index (χ2n) is 3.07. The highest BCUT2D eigenvalue weighted by atomic mass is 16.6. The first-order valence-electron chi connectivity index (χ1n) is 4.71. The molecule has 1 aromatic rings. The second kappa shape index (κ2) is 4.80. The minimum atomic E-state index is -0.0658. The molecule has 2 rings (SSSR count). The van der Waals surface area contributed by atoms with Crippen LogP contribution in [0.15, 0.2) is 30.3 Å². The van der Waals surface area contributed by atoms with Crippen LogP contribution in [0.5, 0.6) is 0 Å². The highest BCUT2D eigenvalue weighted by Gasteiger charge is 2.10. The van der Waals surface area contributed by atoms with Crippen LogP contribution in [0.2, 0.25) is 0 Å². The zero-order chi connectivity index (χ0) is 9.64. The average Bonchev–Trinajstić information content (AvgIpc) is 2.29. The number of rotatable bonds is 0. The fourth-order valence-corrected chi connectivity index (χ4v) is 1.26. The van der Waals surface area contributed by atoms with Crippen molar-refractivity contribution in [3.05, 3.63) is 35.9 Å². The van der Waals surface area contributed by atoms with Crippen molar-refractivity contribution in [1.82, 2.24) is 0 Å². The number of benzene rings is 1. The average molecular weight is 188 g/mol. The normalized spacial score (nSPS) is 21.0. The van der Waals surface area contributed by atoms with Gasteiger partial charge in [-0.1, -0.05) is 30.0 Å². The maximum absolute atomic E-state index is 5.40. The maximum Gasteiger partial charge on any atom is 0.141 e. The van der Waals surface area contributed by atoms with E-state index in [0.717, 1.165) is 5.56 Å². The summed E-state index contributed by atoms with van der Waals surface area (Å²) in [5, 5.41) is 0. The molecule has 0 aromatic heterocycles. The molecule has 14 heavy (non-hydrogen) atoms. The summed E-state index contributed by atoms with van der Waals surface area (Å²) in [6.07, 6.45) is -0.0658. The summed E-state index contributed by atoms with van der Waals surface area (Å²) in [6, 6.07) is 9.89. The van der Waals surface area contributed by atoms with Crippen LogP contribution >= 0.6 is 0 Å². The molecule has 1 atom stereocenters. The van der Waals surface area contributed by atoms with E-state index in [4.69, 9.17) is 9.47 Å². The highest BCUT2D eigenvalue weighted by molar-refractivity contribution is 5.34. The molecule has 0 aliphatic carbocycles. The Morgan fingerprint density at radius 3 is 2.71 bits per heavy atom. The van der Waals surface area contributed by atoms with E-state index in [1.807, 2.05) is 30.3 Å². The third-order valence-corrected chi connectivity index (χ3v) is 1.97. The highest BCUT2D eigenvalue weighted by Crippen LogP contribution is 2.00. The molecule has 1 aliphatic rings. The summed E-state index contributed by atoms with van der Waals surface area (Å²) < 4.78 is 10.6. The molecule has 2 heteroatoms. The lowest BCUT2D eigenvalue weighted by Crippen LogP contribution is -2.27. The third kappa shape index (κ3) is 2.59. The molecule has 0 bridgehead atoms. The van der Waals surface area contributed by atoms with E-state index in [9.17, 15) is 0 Å². The van der Waals surface area contributed by atoms with Crippen LogP contribution in [0, 0.1) is 11.8 Å². The Balaban J connectivity index is 1.99. The molecule has 1 aliphatic heterocycles. The van der Waals surface area contributed by atoms with Gasteiger partial charge in [-0.05, 0) is 12.1 Å². The first-order valence-corrected chi connectivity index (χ1v) is 4.71. The van der Waals surface area contributed by atoms with Gasteiger partial charge in [0.1, 0.15) is 6.10 Å². The molecule has 0 N–H and O–H groups in total. The van der Waals surface area contributed by atoms with Crippen molar-refractivity contribution in [2.24, 2.45) is 0 Å².